The minimum absolute atomic E-state index is 0.00813. The molecule has 0 unspecified atom stereocenters. The van der Waals surface area contributed by atoms with E-state index in [0.29, 0.717) is 12.8 Å². The van der Waals surface area contributed by atoms with Gasteiger partial charge in [-0.05, 0) is 26.7 Å². The monoisotopic (exact) mass is 268 g/mol. The van der Waals surface area contributed by atoms with Crippen molar-refractivity contribution in [2.45, 2.75) is 32.7 Å². The maximum Gasteiger partial charge on any atom is 0.307 e. The Labute approximate surface area is 112 Å². The molecule has 3 N–H and O–H groups in total. The highest BCUT2D eigenvalue weighted by atomic mass is 16.4. The van der Waals surface area contributed by atoms with Gasteiger partial charge in [-0.15, -0.1) is 0 Å². The highest BCUT2D eigenvalue weighted by molar-refractivity contribution is 5.88. The fraction of sp³-hybridized carbons (Fsp3) is 0.615. The molecule has 0 saturated heterocycles. The summed E-state index contributed by atoms with van der Waals surface area (Å²) >= 11 is 0. The normalized spacial score (nSPS) is 22.1. The molecule has 0 heterocycles. The van der Waals surface area contributed by atoms with Crippen molar-refractivity contribution in [3.63, 3.8) is 0 Å². The molecule has 0 radical (unpaired) electrons. The molecule has 0 aromatic rings. The summed E-state index contributed by atoms with van der Waals surface area (Å²) in [5.41, 5.74) is 0. The van der Waals surface area contributed by atoms with Gasteiger partial charge >= 0.3 is 5.97 Å². The summed E-state index contributed by atoms with van der Waals surface area (Å²) in [5, 5.41) is 14.2. The van der Waals surface area contributed by atoms with E-state index in [4.69, 9.17) is 5.11 Å². The predicted molar refractivity (Wildman–Crippen MR) is 69.3 cm³/mol. The zero-order chi connectivity index (χ0) is 14.4. The number of carbonyl (C=O) groups excluding carboxylic acids is 2. The lowest BCUT2D eigenvalue weighted by Gasteiger charge is -2.24. The lowest BCUT2D eigenvalue weighted by atomic mass is 9.82. The number of hydrogen-bond donors (Lipinski definition) is 3. The van der Waals surface area contributed by atoms with Gasteiger partial charge in [0.15, 0.2) is 0 Å². The highest BCUT2D eigenvalue weighted by Crippen LogP contribution is 2.25. The van der Waals surface area contributed by atoms with Crippen LogP contribution in [-0.4, -0.2) is 35.5 Å². The van der Waals surface area contributed by atoms with E-state index in [-0.39, 0.29) is 24.4 Å². The van der Waals surface area contributed by atoms with Crippen LogP contribution in [0.15, 0.2) is 12.2 Å². The zero-order valence-corrected chi connectivity index (χ0v) is 11.2. The van der Waals surface area contributed by atoms with E-state index >= 15 is 0 Å². The Balaban J connectivity index is 2.50. The Hall–Kier alpha value is -1.85. The van der Waals surface area contributed by atoms with Crippen molar-refractivity contribution < 1.29 is 19.5 Å². The first-order valence-corrected chi connectivity index (χ1v) is 6.36. The molecule has 6 nitrogen and oxygen atoms in total. The molecule has 0 spiro atoms. The van der Waals surface area contributed by atoms with Gasteiger partial charge in [0.05, 0.1) is 18.4 Å². The molecule has 1 aliphatic rings. The zero-order valence-electron chi connectivity index (χ0n) is 11.2. The number of carboxylic acids is 1. The van der Waals surface area contributed by atoms with Gasteiger partial charge in [-0.2, -0.15) is 0 Å². The Bertz CT molecular complexity index is 390. The minimum Gasteiger partial charge on any atom is -0.481 e. The van der Waals surface area contributed by atoms with Gasteiger partial charge < -0.3 is 15.7 Å². The molecule has 1 aliphatic carbocycles. The number of nitrogens with one attached hydrogen (secondary N) is 2. The van der Waals surface area contributed by atoms with E-state index < -0.39 is 17.8 Å². The summed E-state index contributed by atoms with van der Waals surface area (Å²) in [6.45, 7) is 3.53. The van der Waals surface area contributed by atoms with E-state index in [9.17, 15) is 14.4 Å². The second-order valence-electron chi connectivity index (χ2n) is 4.93. The van der Waals surface area contributed by atoms with Crippen LogP contribution in [0.2, 0.25) is 0 Å². The topological polar surface area (TPSA) is 95.5 Å². The molecule has 0 bridgehead atoms. The third-order valence-electron chi connectivity index (χ3n) is 2.96. The van der Waals surface area contributed by atoms with Crippen LogP contribution in [-0.2, 0) is 14.4 Å². The van der Waals surface area contributed by atoms with E-state index in [0.717, 1.165) is 0 Å². The maximum absolute atomic E-state index is 11.9. The van der Waals surface area contributed by atoms with Crippen LogP contribution in [0, 0.1) is 11.8 Å². The second-order valence-corrected chi connectivity index (χ2v) is 4.93. The molecule has 6 heteroatoms. The third kappa shape index (κ3) is 4.73. The molecule has 1 rings (SSSR count). The Morgan fingerprint density at radius 2 is 1.79 bits per heavy atom. The van der Waals surface area contributed by atoms with Crippen molar-refractivity contribution in [3.8, 4) is 0 Å². The van der Waals surface area contributed by atoms with Crippen molar-refractivity contribution in [3.05, 3.63) is 12.2 Å². The van der Waals surface area contributed by atoms with Gasteiger partial charge in [0.2, 0.25) is 11.8 Å². The van der Waals surface area contributed by atoms with Crippen LogP contribution in [0.5, 0.6) is 0 Å². The van der Waals surface area contributed by atoms with Crippen molar-refractivity contribution in [1.29, 1.82) is 0 Å². The molecule has 0 saturated carbocycles. The van der Waals surface area contributed by atoms with Gasteiger partial charge in [-0.25, -0.2) is 0 Å². The molecular weight excluding hydrogens is 248 g/mol. The van der Waals surface area contributed by atoms with E-state index in [2.05, 4.69) is 10.6 Å². The molecular formula is C13H20N2O4. The van der Waals surface area contributed by atoms with E-state index in [1.807, 2.05) is 13.8 Å². The highest BCUT2D eigenvalue weighted by Gasteiger charge is 2.33. The molecule has 2 amide bonds. The lowest BCUT2D eigenvalue weighted by molar-refractivity contribution is -0.147. The van der Waals surface area contributed by atoms with Gasteiger partial charge in [-0.1, -0.05) is 12.2 Å². The summed E-state index contributed by atoms with van der Waals surface area (Å²) in [4.78, 5) is 34.4. The fourth-order valence-electron chi connectivity index (χ4n) is 2.05. The first-order chi connectivity index (χ1) is 8.91. The Morgan fingerprint density at radius 1 is 1.21 bits per heavy atom. The molecule has 106 valence electrons. The Kier molecular flexibility index (Phi) is 5.54. The van der Waals surface area contributed by atoms with Crippen LogP contribution in [0.25, 0.3) is 0 Å². The van der Waals surface area contributed by atoms with Crippen molar-refractivity contribution in [2.75, 3.05) is 6.54 Å². The summed E-state index contributed by atoms with van der Waals surface area (Å²) < 4.78 is 0. The summed E-state index contributed by atoms with van der Waals surface area (Å²) in [6.07, 6.45) is 4.33. The van der Waals surface area contributed by atoms with Gasteiger partial charge in [0, 0.05) is 6.04 Å². The number of amides is 2. The first-order valence-electron chi connectivity index (χ1n) is 6.36. The van der Waals surface area contributed by atoms with Gasteiger partial charge in [-0.3, -0.25) is 14.4 Å². The number of allylic oxidation sites excluding steroid dienone is 2. The minimum atomic E-state index is -0.976. The number of carbonyl (C=O) groups is 3. The van der Waals surface area contributed by atoms with Gasteiger partial charge in [0.1, 0.15) is 0 Å². The molecule has 2 atom stereocenters. The van der Waals surface area contributed by atoms with E-state index in [1.54, 1.807) is 12.2 Å². The van der Waals surface area contributed by atoms with Crippen LogP contribution in [0.3, 0.4) is 0 Å². The quantitative estimate of drug-likeness (QED) is 0.625. The molecule has 19 heavy (non-hydrogen) atoms. The number of hydrogen-bond acceptors (Lipinski definition) is 3. The molecule has 0 fully saturated rings. The maximum atomic E-state index is 11.9. The summed E-state index contributed by atoms with van der Waals surface area (Å²) in [7, 11) is 0. The van der Waals surface area contributed by atoms with E-state index in [1.165, 1.54) is 0 Å². The molecule has 0 aromatic carbocycles. The number of aliphatic carboxylic acids is 1. The smallest absolute Gasteiger partial charge is 0.307 e. The average molecular weight is 268 g/mol. The first kappa shape index (κ1) is 15.2. The number of rotatable bonds is 5. The molecule has 0 aromatic heterocycles. The van der Waals surface area contributed by atoms with Crippen LogP contribution in [0.1, 0.15) is 26.7 Å². The second kappa shape index (κ2) is 6.92. The molecule has 0 aliphatic heterocycles. The van der Waals surface area contributed by atoms with Crippen LogP contribution >= 0.6 is 0 Å². The average Bonchev–Trinajstić information content (AvgIpc) is 2.35. The fourth-order valence-corrected chi connectivity index (χ4v) is 2.05. The third-order valence-corrected chi connectivity index (χ3v) is 2.96. The largest absolute Gasteiger partial charge is 0.481 e. The van der Waals surface area contributed by atoms with Crippen molar-refractivity contribution >= 4 is 17.8 Å². The van der Waals surface area contributed by atoms with Crippen LogP contribution < -0.4 is 10.6 Å². The SMILES string of the molecule is CC(C)NC(=O)CNC(=O)[C@@H]1CC=CC[C@@H]1C(=O)O. The van der Waals surface area contributed by atoms with Gasteiger partial charge in [0.25, 0.3) is 0 Å². The lowest BCUT2D eigenvalue weighted by Crippen LogP contribution is -2.44. The van der Waals surface area contributed by atoms with Crippen molar-refractivity contribution in [1.82, 2.24) is 10.6 Å². The number of carboxylic acid groups (broad SMARTS) is 1. The predicted octanol–water partition coefficient (Wildman–Crippen LogP) is 0.294. The van der Waals surface area contributed by atoms with Crippen molar-refractivity contribution in [2.24, 2.45) is 11.8 Å². The Morgan fingerprint density at radius 3 is 2.32 bits per heavy atom. The summed E-state index contributed by atoms with van der Waals surface area (Å²) in [6, 6.07) is 0.00813. The standard InChI is InChI=1S/C13H20N2O4/c1-8(2)15-11(16)7-14-12(17)9-5-3-4-6-10(9)13(18)19/h3-4,8-10H,5-7H2,1-2H3,(H,14,17)(H,15,16)(H,18,19)/t9-,10+/m1/s1. The summed E-state index contributed by atoms with van der Waals surface area (Å²) in [5.74, 6) is -2.94. The van der Waals surface area contributed by atoms with Crippen LogP contribution in [0.4, 0.5) is 0 Å².